The zero-order valence-electron chi connectivity index (χ0n) is 16.0. The Morgan fingerprint density at radius 2 is 2.23 bits per heavy atom. The predicted octanol–water partition coefficient (Wildman–Crippen LogP) is 2.31. The number of amides is 1. The third kappa shape index (κ3) is 5.53. The van der Waals surface area contributed by atoms with E-state index in [-0.39, 0.29) is 17.9 Å². The van der Waals surface area contributed by atoms with Gasteiger partial charge in [-0.2, -0.15) is 0 Å². The number of nitrogens with one attached hydrogen (secondary N) is 2. The molecule has 1 fully saturated rings. The lowest BCUT2D eigenvalue weighted by Gasteiger charge is -2.20. The number of hydrogen-bond donors (Lipinski definition) is 2. The Kier molecular flexibility index (Phi) is 7.57. The maximum atomic E-state index is 12.1. The van der Waals surface area contributed by atoms with Gasteiger partial charge in [0.25, 0.3) is 0 Å². The number of guanidine groups is 1. The van der Waals surface area contributed by atoms with E-state index in [0.717, 1.165) is 43.2 Å². The fourth-order valence-electron chi connectivity index (χ4n) is 3.00. The molecule has 1 heterocycles. The molecule has 144 valence electrons. The zero-order chi connectivity index (χ0) is 19.1. The summed E-state index contributed by atoms with van der Waals surface area (Å²) in [5, 5.41) is 7.42. The first-order valence-electron chi connectivity index (χ1n) is 9.03. The number of benzene rings is 1. The molecule has 1 aromatic carbocycles. The minimum absolute atomic E-state index is 0.0421. The highest BCUT2D eigenvalue weighted by atomic mass is 35.5. The van der Waals surface area contributed by atoms with Gasteiger partial charge in [-0.15, -0.1) is 0 Å². The van der Waals surface area contributed by atoms with Crippen molar-refractivity contribution in [2.45, 2.75) is 32.7 Å². The van der Waals surface area contributed by atoms with Gasteiger partial charge in [0, 0.05) is 43.7 Å². The van der Waals surface area contributed by atoms with Gasteiger partial charge in [0.05, 0.1) is 7.11 Å². The van der Waals surface area contributed by atoms with Crippen LogP contribution in [0.15, 0.2) is 23.2 Å². The highest BCUT2D eigenvalue weighted by Gasteiger charge is 2.27. The number of rotatable bonds is 6. The van der Waals surface area contributed by atoms with E-state index in [1.165, 1.54) is 0 Å². The molecular weight excluding hydrogens is 352 g/mol. The number of carbonyl (C=O) groups is 1. The summed E-state index contributed by atoms with van der Waals surface area (Å²) in [6.07, 6.45) is 1.72. The Labute approximate surface area is 161 Å². The van der Waals surface area contributed by atoms with Gasteiger partial charge in [0.2, 0.25) is 5.91 Å². The summed E-state index contributed by atoms with van der Waals surface area (Å²) >= 11 is 6.27. The van der Waals surface area contributed by atoms with Crippen molar-refractivity contribution in [3.05, 3.63) is 28.8 Å². The highest BCUT2D eigenvalue weighted by Crippen LogP contribution is 2.22. The van der Waals surface area contributed by atoms with Crippen LogP contribution in [0.2, 0.25) is 5.02 Å². The topological polar surface area (TPSA) is 66.0 Å². The second-order valence-electron chi connectivity index (χ2n) is 6.78. The molecule has 0 spiro atoms. The van der Waals surface area contributed by atoms with E-state index in [1.807, 2.05) is 36.9 Å². The smallest absolute Gasteiger partial charge is 0.225 e. The summed E-state index contributed by atoms with van der Waals surface area (Å²) in [4.78, 5) is 18.3. The molecule has 1 atom stereocenters. The second-order valence-corrected chi connectivity index (χ2v) is 7.18. The Morgan fingerprint density at radius 3 is 2.85 bits per heavy atom. The summed E-state index contributed by atoms with van der Waals surface area (Å²) in [5.41, 5.74) is 1.06. The number of methoxy groups -OCH3 is 1. The Bertz CT molecular complexity index is 648. The number of halogens is 1. The largest absolute Gasteiger partial charge is 0.497 e. The number of ether oxygens (including phenoxy) is 1. The predicted molar refractivity (Wildman–Crippen MR) is 106 cm³/mol. The van der Waals surface area contributed by atoms with Crippen LogP contribution >= 0.6 is 11.6 Å². The van der Waals surface area contributed by atoms with Crippen molar-refractivity contribution in [2.24, 2.45) is 10.9 Å². The van der Waals surface area contributed by atoms with Crippen LogP contribution in [0, 0.1) is 5.92 Å². The second kappa shape index (κ2) is 9.67. The maximum Gasteiger partial charge on any atom is 0.225 e. The van der Waals surface area contributed by atoms with Crippen LogP contribution in [0.1, 0.15) is 25.8 Å². The van der Waals surface area contributed by atoms with Crippen LogP contribution in [0.5, 0.6) is 5.75 Å². The first-order valence-corrected chi connectivity index (χ1v) is 9.40. The van der Waals surface area contributed by atoms with Crippen molar-refractivity contribution in [2.75, 3.05) is 33.8 Å². The van der Waals surface area contributed by atoms with Crippen molar-refractivity contribution in [1.29, 1.82) is 0 Å². The zero-order valence-corrected chi connectivity index (χ0v) is 16.8. The van der Waals surface area contributed by atoms with E-state index >= 15 is 0 Å². The summed E-state index contributed by atoms with van der Waals surface area (Å²) in [5.74, 6) is 1.76. The van der Waals surface area contributed by atoms with Gasteiger partial charge in [-0.1, -0.05) is 31.5 Å². The Hall–Kier alpha value is -1.95. The number of carbonyl (C=O) groups excluding carboxylic acids is 1. The van der Waals surface area contributed by atoms with Crippen molar-refractivity contribution >= 4 is 23.5 Å². The van der Waals surface area contributed by atoms with E-state index in [0.29, 0.717) is 11.6 Å². The van der Waals surface area contributed by atoms with E-state index in [9.17, 15) is 4.79 Å². The normalized spacial score (nSPS) is 17.5. The number of aliphatic imine (C=N–C) groups is 1. The van der Waals surface area contributed by atoms with Crippen LogP contribution in [0.3, 0.4) is 0 Å². The fraction of sp³-hybridized carbons (Fsp3) is 0.579. The molecule has 2 N–H and O–H groups in total. The monoisotopic (exact) mass is 380 g/mol. The maximum absolute atomic E-state index is 12.1. The molecule has 0 aliphatic carbocycles. The lowest BCUT2D eigenvalue weighted by molar-refractivity contribution is -0.133. The standard InChI is InChI=1S/C19H29ClN4O2/c1-13(2)18(25)24-10-8-15(12-24)23-19(21-3)22-9-7-14-5-6-16(26-4)11-17(14)20/h5-6,11,13,15H,7-10,12H2,1-4H3,(H2,21,22,23). The van der Waals surface area contributed by atoms with E-state index in [1.54, 1.807) is 14.2 Å². The molecule has 1 aliphatic rings. The van der Waals surface area contributed by atoms with Crippen molar-refractivity contribution in [3.63, 3.8) is 0 Å². The van der Waals surface area contributed by atoms with Gasteiger partial charge in [0.15, 0.2) is 5.96 Å². The molecule has 0 aromatic heterocycles. The SMILES string of the molecule is CN=C(NCCc1ccc(OC)cc1Cl)NC1CCN(C(=O)C(C)C)C1. The minimum Gasteiger partial charge on any atom is -0.497 e. The number of likely N-dealkylation sites (tertiary alicyclic amines) is 1. The summed E-state index contributed by atoms with van der Waals surface area (Å²) in [7, 11) is 3.38. The lowest BCUT2D eigenvalue weighted by atomic mass is 10.1. The molecule has 7 heteroatoms. The summed E-state index contributed by atoms with van der Waals surface area (Å²) in [6, 6.07) is 5.94. The fourth-order valence-corrected chi connectivity index (χ4v) is 3.27. The van der Waals surface area contributed by atoms with Gasteiger partial charge in [0.1, 0.15) is 5.75 Å². The van der Waals surface area contributed by atoms with Crippen molar-refractivity contribution in [3.8, 4) is 5.75 Å². The van der Waals surface area contributed by atoms with Crippen molar-refractivity contribution < 1.29 is 9.53 Å². The van der Waals surface area contributed by atoms with E-state index < -0.39 is 0 Å². The molecule has 1 amide bonds. The molecule has 26 heavy (non-hydrogen) atoms. The average molecular weight is 381 g/mol. The molecule has 6 nitrogen and oxygen atoms in total. The third-order valence-electron chi connectivity index (χ3n) is 4.51. The Balaban J connectivity index is 1.79. The van der Waals surface area contributed by atoms with Crippen LogP contribution in [-0.4, -0.2) is 56.6 Å². The van der Waals surface area contributed by atoms with Gasteiger partial charge < -0.3 is 20.3 Å². The molecule has 0 bridgehead atoms. The molecular formula is C19H29ClN4O2. The highest BCUT2D eigenvalue weighted by molar-refractivity contribution is 6.31. The van der Waals surface area contributed by atoms with Crippen LogP contribution in [-0.2, 0) is 11.2 Å². The van der Waals surface area contributed by atoms with Gasteiger partial charge in [-0.05, 0) is 30.5 Å². The first-order chi connectivity index (χ1) is 12.4. The third-order valence-corrected chi connectivity index (χ3v) is 4.86. The molecule has 0 radical (unpaired) electrons. The summed E-state index contributed by atoms with van der Waals surface area (Å²) in [6.45, 7) is 6.12. The van der Waals surface area contributed by atoms with Gasteiger partial charge in [-0.25, -0.2) is 0 Å². The number of nitrogens with zero attached hydrogens (tertiary/aromatic N) is 2. The lowest BCUT2D eigenvalue weighted by Crippen LogP contribution is -2.45. The van der Waals surface area contributed by atoms with Crippen molar-refractivity contribution in [1.82, 2.24) is 15.5 Å². The van der Waals surface area contributed by atoms with Crippen LogP contribution in [0.25, 0.3) is 0 Å². The van der Waals surface area contributed by atoms with E-state index in [4.69, 9.17) is 16.3 Å². The van der Waals surface area contributed by atoms with E-state index in [2.05, 4.69) is 15.6 Å². The molecule has 1 saturated heterocycles. The summed E-state index contributed by atoms with van der Waals surface area (Å²) < 4.78 is 5.17. The molecule has 1 aromatic rings. The first kappa shape index (κ1) is 20.4. The Morgan fingerprint density at radius 1 is 1.46 bits per heavy atom. The van der Waals surface area contributed by atoms with Crippen LogP contribution in [0.4, 0.5) is 0 Å². The average Bonchev–Trinajstić information content (AvgIpc) is 3.09. The van der Waals surface area contributed by atoms with Gasteiger partial charge in [-0.3, -0.25) is 9.79 Å². The molecule has 2 rings (SSSR count). The molecule has 1 aliphatic heterocycles. The number of hydrogen-bond acceptors (Lipinski definition) is 3. The minimum atomic E-state index is 0.0421. The molecule has 0 saturated carbocycles. The quantitative estimate of drug-likeness (QED) is 0.587. The molecule has 1 unspecified atom stereocenters. The van der Waals surface area contributed by atoms with Crippen LogP contribution < -0.4 is 15.4 Å². The van der Waals surface area contributed by atoms with Gasteiger partial charge >= 0.3 is 0 Å².